The molecule has 0 aliphatic carbocycles. The van der Waals surface area contributed by atoms with Gasteiger partial charge in [-0.1, -0.05) is 12.1 Å². The van der Waals surface area contributed by atoms with Crippen molar-refractivity contribution in [2.24, 2.45) is 0 Å². The number of ether oxygens (including phenoxy) is 2. The minimum Gasteiger partial charge on any atom is -0.465 e. The van der Waals surface area contributed by atoms with Gasteiger partial charge in [-0.25, -0.2) is 4.79 Å². The molecule has 164 valence electrons. The summed E-state index contributed by atoms with van der Waals surface area (Å²) in [4.78, 5) is 24.8. The molecule has 0 unspecified atom stereocenters. The van der Waals surface area contributed by atoms with Crippen molar-refractivity contribution >= 4 is 43.8 Å². The van der Waals surface area contributed by atoms with Crippen molar-refractivity contribution in [2.45, 2.75) is 40.2 Å². The summed E-state index contributed by atoms with van der Waals surface area (Å²) in [6, 6.07) is 3.30. The van der Waals surface area contributed by atoms with E-state index in [9.17, 15) is 24.9 Å². The van der Waals surface area contributed by atoms with Crippen LogP contribution in [0.4, 0.5) is 0 Å². The molecule has 1 aromatic carbocycles. The number of hydrogen-bond donors (Lipinski definition) is 3. The molecule has 0 spiro atoms. The Kier molecular flexibility index (Phi) is 9.05. The second-order valence-corrected chi connectivity index (χ2v) is 7.69. The molecule has 0 atom stereocenters. The molecule has 0 saturated heterocycles. The van der Waals surface area contributed by atoms with Crippen LogP contribution in [0, 0.1) is 0 Å². The number of rotatable bonds is 9. The van der Waals surface area contributed by atoms with Crippen molar-refractivity contribution in [2.75, 3.05) is 13.2 Å². The molecule has 10 heteroatoms. The second kappa shape index (κ2) is 11.1. The van der Waals surface area contributed by atoms with Gasteiger partial charge >= 0.3 is 11.9 Å². The first kappa shape index (κ1) is 24.5. The fourth-order valence-electron chi connectivity index (χ4n) is 3.17. The van der Waals surface area contributed by atoms with Crippen LogP contribution in [0.1, 0.15) is 41.0 Å². The molecular formula is C20H23Br2NO7. The molecule has 8 nitrogen and oxygen atoms in total. The smallest absolute Gasteiger partial charge is 0.356 e. The Balaban J connectivity index is 2.78. The number of aliphatic hydroxyl groups excluding tert-OH is 3. The van der Waals surface area contributed by atoms with E-state index in [0.29, 0.717) is 36.9 Å². The van der Waals surface area contributed by atoms with Gasteiger partial charge in [0.2, 0.25) is 0 Å². The predicted octanol–water partition coefficient (Wildman–Crippen LogP) is 2.90. The lowest BCUT2D eigenvalue weighted by Gasteiger charge is -2.16. The summed E-state index contributed by atoms with van der Waals surface area (Å²) in [6.45, 7) is 2.36. The zero-order valence-electron chi connectivity index (χ0n) is 16.6. The van der Waals surface area contributed by atoms with Crippen LogP contribution in [-0.4, -0.2) is 45.0 Å². The Morgan fingerprint density at radius 1 is 0.967 bits per heavy atom. The fourth-order valence-corrected chi connectivity index (χ4v) is 4.93. The highest BCUT2D eigenvalue weighted by Crippen LogP contribution is 2.43. The zero-order chi connectivity index (χ0) is 22.4. The van der Waals surface area contributed by atoms with E-state index in [-0.39, 0.29) is 38.7 Å². The van der Waals surface area contributed by atoms with Gasteiger partial charge in [-0.05, 0) is 68.0 Å². The summed E-state index contributed by atoms with van der Waals surface area (Å²) in [5, 5.41) is 29.3. The molecule has 0 aliphatic heterocycles. The third kappa shape index (κ3) is 4.78. The molecular weight excluding hydrogens is 526 g/mol. The SMILES string of the molecule is CCOC(=O)Cn1c(Br)c(-c2ccc(CO)c(CO)c2CO)c(Br)c1C(=O)OCC. The summed E-state index contributed by atoms with van der Waals surface area (Å²) < 4.78 is 12.3. The van der Waals surface area contributed by atoms with Crippen molar-refractivity contribution in [3.63, 3.8) is 0 Å². The Morgan fingerprint density at radius 2 is 1.60 bits per heavy atom. The number of carbonyl (C=O) groups is 2. The van der Waals surface area contributed by atoms with Gasteiger partial charge in [-0.2, -0.15) is 0 Å². The lowest BCUT2D eigenvalue weighted by molar-refractivity contribution is -0.143. The highest BCUT2D eigenvalue weighted by Gasteiger charge is 2.29. The van der Waals surface area contributed by atoms with Gasteiger partial charge in [-0.3, -0.25) is 4.79 Å². The van der Waals surface area contributed by atoms with Gasteiger partial charge in [0, 0.05) is 5.56 Å². The first-order valence-electron chi connectivity index (χ1n) is 9.22. The first-order valence-corrected chi connectivity index (χ1v) is 10.8. The highest BCUT2D eigenvalue weighted by molar-refractivity contribution is 9.11. The maximum absolute atomic E-state index is 12.6. The van der Waals surface area contributed by atoms with Crippen LogP contribution in [-0.2, 0) is 40.6 Å². The molecule has 0 bridgehead atoms. The third-order valence-electron chi connectivity index (χ3n) is 4.49. The molecule has 3 N–H and O–H groups in total. The van der Waals surface area contributed by atoms with Crippen LogP contribution in [0.15, 0.2) is 21.2 Å². The lowest BCUT2D eigenvalue weighted by atomic mass is 9.93. The summed E-state index contributed by atoms with van der Waals surface area (Å²) >= 11 is 6.90. The summed E-state index contributed by atoms with van der Waals surface area (Å²) in [5.41, 5.74) is 2.39. The van der Waals surface area contributed by atoms with E-state index in [2.05, 4.69) is 31.9 Å². The van der Waals surface area contributed by atoms with Gasteiger partial charge in [0.1, 0.15) is 12.2 Å². The monoisotopic (exact) mass is 547 g/mol. The van der Waals surface area contributed by atoms with Crippen molar-refractivity contribution in [3.05, 3.63) is 43.6 Å². The number of aliphatic hydroxyl groups is 3. The minimum absolute atomic E-state index is 0.104. The van der Waals surface area contributed by atoms with Crippen LogP contribution < -0.4 is 0 Å². The van der Waals surface area contributed by atoms with E-state index in [1.165, 1.54) is 4.57 Å². The first-order chi connectivity index (χ1) is 14.4. The molecule has 2 aromatic rings. The second-order valence-electron chi connectivity index (χ2n) is 6.14. The molecule has 0 radical (unpaired) electrons. The highest BCUT2D eigenvalue weighted by atomic mass is 79.9. The standard InChI is InChI=1S/C20H23Br2NO7/c1-3-29-15(27)7-23-18(20(28)30-4-2)17(21)16(19(23)22)12-6-5-11(8-24)13(9-25)14(12)10-26/h5-6,24-26H,3-4,7-10H2,1-2H3. The van der Waals surface area contributed by atoms with Crippen molar-refractivity contribution in [1.82, 2.24) is 4.57 Å². The van der Waals surface area contributed by atoms with E-state index in [4.69, 9.17) is 9.47 Å². The zero-order valence-corrected chi connectivity index (χ0v) is 19.7. The molecule has 30 heavy (non-hydrogen) atoms. The maximum atomic E-state index is 12.6. The summed E-state index contributed by atoms with van der Waals surface area (Å²) in [7, 11) is 0. The van der Waals surface area contributed by atoms with Gasteiger partial charge < -0.3 is 29.4 Å². The molecule has 0 saturated carbocycles. The minimum atomic E-state index is -0.638. The van der Waals surface area contributed by atoms with Crippen molar-refractivity contribution in [1.29, 1.82) is 0 Å². The predicted molar refractivity (Wildman–Crippen MR) is 116 cm³/mol. The van der Waals surface area contributed by atoms with Crippen molar-refractivity contribution < 1.29 is 34.4 Å². The van der Waals surface area contributed by atoms with E-state index in [1.807, 2.05) is 0 Å². The van der Waals surface area contributed by atoms with Crippen LogP contribution >= 0.6 is 31.9 Å². The Labute approximate surface area is 190 Å². The van der Waals surface area contributed by atoms with Gasteiger partial charge in [0.15, 0.2) is 0 Å². The fraction of sp³-hybridized carbons (Fsp3) is 0.400. The van der Waals surface area contributed by atoms with E-state index in [0.717, 1.165) is 0 Å². The van der Waals surface area contributed by atoms with E-state index in [1.54, 1.807) is 26.0 Å². The Hall–Kier alpha value is -1.72. The lowest BCUT2D eigenvalue weighted by Crippen LogP contribution is -2.19. The number of hydrogen-bond acceptors (Lipinski definition) is 7. The Morgan fingerprint density at radius 3 is 2.13 bits per heavy atom. The van der Waals surface area contributed by atoms with Crippen LogP contribution in [0.5, 0.6) is 0 Å². The van der Waals surface area contributed by atoms with Crippen LogP contribution in [0.2, 0.25) is 0 Å². The van der Waals surface area contributed by atoms with Gasteiger partial charge in [-0.15, -0.1) is 0 Å². The van der Waals surface area contributed by atoms with Crippen LogP contribution in [0.25, 0.3) is 11.1 Å². The molecule has 1 heterocycles. The molecule has 0 amide bonds. The number of benzene rings is 1. The van der Waals surface area contributed by atoms with E-state index < -0.39 is 18.5 Å². The number of aromatic nitrogens is 1. The summed E-state index contributed by atoms with van der Waals surface area (Å²) in [5.74, 6) is -1.17. The van der Waals surface area contributed by atoms with Gasteiger partial charge in [0.05, 0.1) is 42.1 Å². The quantitative estimate of drug-likeness (QED) is 0.412. The normalized spacial score (nSPS) is 10.9. The molecule has 2 rings (SSSR count). The molecule has 1 aromatic heterocycles. The number of esters is 2. The third-order valence-corrected chi connectivity index (χ3v) is 6.08. The number of carbonyl (C=O) groups excluding carboxylic acids is 2. The average Bonchev–Trinajstić information content (AvgIpc) is 2.96. The average molecular weight is 549 g/mol. The van der Waals surface area contributed by atoms with Crippen molar-refractivity contribution in [3.8, 4) is 11.1 Å². The Bertz CT molecular complexity index is 940. The van der Waals surface area contributed by atoms with Crippen LogP contribution in [0.3, 0.4) is 0 Å². The molecule has 0 fully saturated rings. The summed E-state index contributed by atoms with van der Waals surface area (Å²) in [6.07, 6.45) is 0. The maximum Gasteiger partial charge on any atom is 0.356 e. The topological polar surface area (TPSA) is 118 Å². The number of halogens is 2. The van der Waals surface area contributed by atoms with Gasteiger partial charge in [0.25, 0.3) is 0 Å². The molecule has 0 aliphatic rings. The van der Waals surface area contributed by atoms with E-state index >= 15 is 0 Å². The largest absolute Gasteiger partial charge is 0.465 e. The number of nitrogens with zero attached hydrogens (tertiary/aromatic N) is 1.